The van der Waals surface area contributed by atoms with Crippen LogP contribution in [0.3, 0.4) is 0 Å². The van der Waals surface area contributed by atoms with Gasteiger partial charge >= 0.3 is 5.97 Å². The highest BCUT2D eigenvalue weighted by Gasteiger charge is 2.42. The van der Waals surface area contributed by atoms with Gasteiger partial charge in [0.25, 0.3) is 0 Å². The van der Waals surface area contributed by atoms with Crippen LogP contribution >= 0.6 is 0 Å². The predicted molar refractivity (Wildman–Crippen MR) is 73.3 cm³/mol. The summed E-state index contributed by atoms with van der Waals surface area (Å²) in [7, 11) is 1.60. The summed E-state index contributed by atoms with van der Waals surface area (Å²) in [5.74, 6) is -0.171. The number of ether oxygens (including phenoxy) is 2. The molecule has 0 radical (unpaired) electrons. The van der Waals surface area contributed by atoms with Gasteiger partial charge in [-0.2, -0.15) is 0 Å². The zero-order valence-electron chi connectivity index (χ0n) is 12.0. The third kappa shape index (κ3) is 3.26. The summed E-state index contributed by atoms with van der Waals surface area (Å²) in [6.07, 6.45) is 0.305. The standard InChI is InChI=1S/C15H22O4/c1-5-15(17,14(16)19-6-2)11(3)12-7-9-13(18-4)10-8-12/h7-11,17H,5-6H2,1-4H3. The third-order valence-electron chi connectivity index (χ3n) is 3.50. The van der Waals surface area contributed by atoms with Crippen molar-refractivity contribution in [2.24, 2.45) is 0 Å². The number of hydrogen-bond acceptors (Lipinski definition) is 4. The number of carbonyl (C=O) groups excluding carboxylic acids is 1. The molecule has 0 saturated carbocycles. The van der Waals surface area contributed by atoms with Gasteiger partial charge in [-0.25, -0.2) is 4.79 Å². The molecule has 0 saturated heterocycles. The van der Waals surface area contributed by atoms with Crippen molar-refractivity contribution in [1.29, 1.82) is 0 Å². The van der Waals surface area contributed by atoms with E-state index in [0.717, 1.165) is 11.3 Å². The molecule has 0 spiro atoms. The molecule has 0 aliphatic carbocycles. The molecule has 4 nitrogen and oxygen atoms in total. The first-order chi connectivity index (χ1) is 8.99. The summed E-state index contributed by atoms with van der Waals surface area (Å²) in [6.45, 7) is 5.58. The van der Waals surface area contributed by atoms with Gasteiger partial charge in [-0.1, -0.05) is 26.0 Å². The van der Waals surface area contributed by atoms with Crippen molar-refractivity contribution in [3.63, 3.8) is 0 Å². The number of esters is 1. The second kappa shape index (κ2) is 6.57. The van der Waals surface area contributed by atoms with Crippen LogP contribution in [-0.4, -0.2) is 30.4 Å². The Labute approximate surface area is 114 Å². The minimum Gasteiger partial charge on any atom is -0.497 e. The molecule has 0 bridgehead atoms. The molecule has 0 aromatic heterocycles. The minimum absolute atomic E-state index is 0.260. The van der Waals surface area contributed by atoms with Crippen LogP contribution in [0.5, 0.6) is 5.75 Å². The molecule has 106 valence electrons. The zero-order chi connectivity index (χ0) is 14.5. The van der Waals surface area contributed by atoms with Crippen LogP contribution in [0.1, 0.15) is 38.7 Å². The first-order valence-corrected chi connectivity index (χ1v) is 6.53. The highest BCUT2D eigenvalue weighted by Crippen LogP contribution is 2.32. The highest BCUT2D eigenvalue weighted by molar-refractivity contribution is 5.80. The number of methoxy groups -OCH3 is 1. The molecule has 0 aliphatic heterocycles. The van der Waals surface area contributed by atoms with E-state index >= 15 is 0 Å². The van der Waals surface area contributed by atoms with E-state index in [1.165, 1.54) is 0 Å². The topological polar surface area (TPSA) is 55.8 Å². The molecule has 1 aromatic carbocycles. The molecule has 4 heteroatoms. The van der Waals surface area contributed by atoms with Crippen LogP contribution in [0.25, 0.3) is 0 Å². The van der Waals surface area contributed by atoms with Crippen LogP contribution in [0.2, 0.25) is 0 Å². The largest absolute Gasteiger partial charge is 0.497 e. The van der Waals surface area contributed by atoms with Gasteiger partial charge in [0.1, 0.15) is 5.75 Å². The minimum atomic E-state index is -1.50. The van der Waals surface area contributed by atoms with Crippen molar-refractivity contribution in [3.8, 4) is 5.75 Å². The predicted octanol–water partition coefficient (Wildman–Crippen LogP) is 2.50. The van der Waals surface area contributed by atoms with Crippen molar-refractivity contribution in [1.82, 2.24) is 0 Å². The molecule has 0 aliphatic rings. The van der Waals surface area contributed by atoms with Crippen molar-refractivity contribution in [3.05, 3.63) is 29.8 Å². The maximum atomic E-state index is 11.9. The van der Waals surface area contributed by atoms with Gasteiger partial charge < -0.3 is 14.6 Å². The summed E-state index contributed by atoms with van der Waals surface area (Å²) in [6, 6.07) is 7.33. The van der Waals surface area contributed by atoms with E-state index in [9.17, 15) is 9.90 Å². The Morgan fingerprint density at radius 1 is 1.32 bits per heavy atom. The quantitative estimate of drug-likeness (QED) is 0.804. The smallest absolute Gasteiger partial charge is 0.338 e. The number of rotatable bonds is 6. The second-order valence-electron chi connectivity index (χ2n) is 4.49. The Hall–Kier alpha value is -1.55. The van der Waals surface area contributed by atoms with Gasteiger partial charge in [-0.3, -0.25) is 0 Å². The van der Waals surface area contributed by atoms with Gasteiger partial charge in [0, 0.05) is 5.92 Å². The fourth-order valence-electron chi connectivity index (χ4n) is 2.05. The molecule has 19 heavy (non-hydrogen) atoms. The SMILES string of the molecule is CCOC(=O)C(O)(CC)C(C)c1ccc(OC)cc1. The van der Waals surface area contributed by atoms with Crippen molar-refractivity contribution in [2.75, 3.05) is 13.7 Å². The first kappa shape index (κ1) is 15.5. The van der Waals surface area contributed by atoms with Gasteiger partial charge in [-0.15, -0.1) is 0 Å². The molecular weight excluding hydrogens is 244 g/mol. The Balaban J connectivity index is 2.99. The van der Waals surface area contributed by atoms with Crippen LogP contribution in [0.15, 0.2) is 24.3 Å². The first-order valence-electron chi connectivity index (χ1n) is 6.53. The Morgan fingerprint density at radius 2 is 1.89 bits per heavy atom. The van der Waals surface area contributed by atoms with Gasteiger partial charge in [-0.05, 0) is 31.0 Å². The lowest BCUT2D eigenvalue weighted by Crippen LogP contribution is -2.44. The summed E-state index contributed by atoms with van der Waals surface area (Å²) >= 11 is 0. The van der Waals surface area contributed by atoms with Gasteiger partial charge in [0.15, 0.2) is 5.60 Å². The Bertz CT molecular complexity index is 413. The Morgan fingerprint density at radius 3 is 2.32 bits per heavy atom. The van der Waals surface area contributed by atoms with E-state index in [1.807, 2.05) is 31.2 Å². The average Bonchev–Trinajstić information content (AvgIpc) is 2.46. The van der Waals surface area contributed by atoms with E-state index < -0.39 is 11.6 Å². The summed E-state index contributed by atoms with van der Waals surface area (Å²) in [4.78, 5) is 11.9. The molecule has 2 unspecified atom stereocenters. The molecular formula is C15H22O4. The van der Waals surface area contributed by atoms with E-state index in [2.05, 4.69) is 0 Å². The second-order valence-corrected chi connectivity index (χ2v) is 4.49. The molecule has 2 atom stereocenters. The van der Waals surface area contributed by atoms with Crippen molar-refractivity contribution >= 4 is 5.97 Å². The van der Waals surface area contributed by atoms with E-state index in [-0.39, 0.29) is 12.5 Å². The summed E-state index contributed by atoms with van der Waals surface area (Å²) in [5, 5.41) is 10.6. The van der Waals surface area contributed by atoms with Crippen LogP contribution < -0.4 is 4.74 Å². The zero-order valence-corrected chi connectivity index (χ0v) is 12.0. The van der Waals surface area contributed by atoms with Gasteiger partial charge in [0.2, 0.25) is 0 Å². The molecule has 1 N–H and O–H groups in total. The molecule has 0 fully saturated rings. The lowest BCUT2D eigenvalue weighted by Gasteiger charge is -2.31. The van der Waals surface area contributed by atoms with Crippen molar-refractivity contribution < 1.29 is 19.4 Å². The lowest BCUT2D eigenvalue weighted by atomic mass is 9.81. The molecule has 0 amide bonds. The van der Waals surface area contributed by atoms with Crippen LogP contribution in [-0.2, 0) is 9.53 Å². The van der Waals surface area contributed by atoms with E-state index in [0.29, 0.717) is 6.42 Å². The fourth-order valence-corrected chi connectivity index (χ4v) is 2.05. The van der Waals surface area contributed by atoms with E-state index in [1.54, 1.807) is 21.0 Å². The highest BCUT2D eigenvalue weighted by atomic mass is 16.5. The monoisotopic (exact) mass is 266 g/mol. The van der Waals surface area contributed by atoms with Crippen LogP contribution in [0, 0.1) is 0 Å². The number of aliphatic hydroxyl groups is 1. The molecule has 1 aromatic rings. The summed E-state index contributed by atoms with van der Waals surface area (Å²) in [5.41, 5.74) is -0.622. The average molecular weight is 266 g/mol. The number of carbonyl (C=O) groups is 1. The Kier molecular flexibility index (Phi) is 5.36. The number of hydrogen-bond donors (Lipinski definition) is 1. The normalized spacial score (nSPS) is 15.4. The van der Waals surface area contributed by atoms with Crippen LogP contribution in [0.4, 0.5) is 0 Å². The maximum Gasteiger partial charge on any atom is 0.338 e. The van der Waals surface area contributed by atoms with Gasteiger partial charge in [0.05, 0.1) is 13.7 Å². The third-order valence-corrected chi connectivity index (χ3v) is 3.50. The fraction of sp³-hybridized carbons (Fsp3) is 0.533. The van der Waals surface area contributed by atoms with E-state index in [4.69, 9.17) is 9.47 Å². The number of benzene rings is 1. The summed E-state index contributed by atoms with van der Waals surface area (Å²) < 4.78 is 10.1. The maximum absolute atomic E-state index is 11.9. The molecule has 1 rings (SSSR count). The molecule has 0 heterocycles. The lowest BCUT2D eigenvalue weighted by molar-refractivity contribution is -0.167. The van der Waals surface area contributed by atoms with Crippen molar-refractivity contribution in [2.45, 2.75) is 38.7 Å².